The van der Waals surface area contributed by atoms with Crippen molar-refractivity contribution in [2.75, 3.05) is 0 Å². The van der Waals surface area contributed by atoms with Crippen molar-refractivity contribution in [3.05, 3.63) is 17.6 Å². The Labute approximate surface area is 172 Å². The van der Waals surface area contributed by atoms with Crippen LogP contribution in [0.3, 0.4) is 0 Å². The summed E-state index contributed by atoms with van der Waals surface area (Å²) >= 11 is 0. The summed E-state index contributed by atoms with van der Waals surface area (Å²) in [6, 6.07) is 0. The molecule has 2 aliphatic rings. The van der Waals surface area contributed by atoms with Gasteiger partial charge in [0, 0.05) is 65.4 Å². The Hall–Kier alpha value is 1.95. The number of rotatable bonds is 0. The van der Waals surface area contributed by atoms with Crippen LogP contribution in [0.4, 0.5) is 0 Å². The third-order valence-corrected chi connectivity index (χ3v) is 5.63. The first kappa shape index (κ1) is 23.2. The summed E-state index contributed by atoms with van der Waals surface area (Å²) in [4.78, 5) is 0. The van der Waals surface area contributed by atoms with Crippen molar-refractivity contribution in [1.82, 2.24) is 0 Å². The minimum absolute atomic E-state index is 0. The van der Waals surface area contributed by atoms with Gasteiger partial charge in [-0.3, -0.25) is 0 Å². The third kappa shape index (κ3) is 4.46. The van der Waals surface area contributed by atoms with E-state index in [0.29, 0.717) is 0 Å². The van der Waals surface area contributed by atoms with Crippen LogP contribution in [0.1, 0.15) is 55.4 Å². The SMILES string of the molecule is CC1=C(C)C2C(C)C(C)C(C)C2C1C.C[CH-]C.[Y].[Y]. The van der Waals surface area contributed by atoms with E-state index in [1.54, 1.807) is 11.1 Å². The average molecular weight is 413 g/mol. The largest absolute Gasteiger partial charge is 0.335 e. The predicted octanol–water partition coefficient (Wildman–Crippen LogP) is 5.35. The molecule has 2 radical (unpaired) electrons. The molecule has 19 heavy (non-hydrogen) atoms. The van der Waals surface area contributed by atoms with Gasteiger partial charge in [0.05, 0.1) is 0 Å². The van der Waals surface area contributed by atoms with E-state index in [1.807, 2.05) is 20.3 Å². The summed E-state index contributed by atoms with van der Waals surface area (Å²) in [6.45, 7) is 18.5. The Morgan fingerprint density at radius 3 is 1.53 bits per heavy atom. The van der Waals surface area contributed by atoms with E-state index in [-0.39, 0.29) is 65.4 Å². The fraction of sp³-hybridized carbons (Fsp3) is 0.824. The molecule has 0 spiro atoms. The van der Waals surface area contributed by atoms with Gasteiger partial charge in [0.1, 0.15) is 0 Å². The zero-order chi connectivity index (χ0) is 13.3. The first-order valence-corrected chi connectivity index (χ1v) is 7.29. The summed E-state index contributed by atoms with van der Waals surface area (Å²) in [7, 11) is 0. The molecule has 0 nitrogen and oxygen atoms in total. The van der Waals surface area contributed by atoms with Gasteiger partial charge in [0.25, 0.3) is 0 Å². The standard InChI is InChI=1S/C14H24.C3H7.2Y/c1-7-9(3)13-11(5)8(2)12(6)14(13)10(7)4;1-3-2;;/h7,9-11,13-14H,1-6H3;3H,1-2H3;;/q;-1;;. The first-order chi connectivity index (χ1) is 7.88. The topological polar surface area (TPSA) is 0 Å². The van der Waals surface area contributed by atoms with Crippen LogP contribution >= 0.6 is 0 Å². The molecule has 106 valence electrons. The monoisotopic (exact) mass is 413 g/mol. The van der Waals surface area contributed by atoms with Gasteiger partial charge in [0.2, 0.25) is 0 Å². The molecule has 2 rings (SSSR count). The molecule has 0 aromatic carbocycles. The van der Waals surface area contributed by atoms with E-state index in [0.717, 1.165) is 35.5 Å². The zero-order valence-electron chi connectivity index (χ0n) is 14.2. The van der Waals surface area contributed by atoms with Crippen LogP contribution in [0.15, 0.2) is 11.1 Å². The van der Waals surface area contributed by atoms with Crippen LogP contribution < -0.4 is 0 Å². The molecular weight excluding hydrogens is 382 g/mol. The minimum atomic E-state index is 0. The van der Waals surface area contributed by atoms with Crippen molar-refractivity contribution in [2.45, 2.75) is 55.4 Å². The van der Waals surface area contributed by atoms with Crippen molar-refractivity contribution in [3.63, 3.8) is 0 Å². The van der Waals surface area contributed by atoms with Gasteiger partial charge in [-0.2, -0.15) is 13.8 Å². The maximum Gasteiger partial charge on any atom is 0 e. The molecule has 0 saturated heterocycles. The number of fused-ring (bicyclic) bond motifs is 1. The molecule has 2 aliphatic carbocycles. The molecule has 0 aliphatic heterocycles. The number of allylic oxidation sites excluding steroid dienone is 2. The Morgan fingerprint density at radius 1 is 0.737 bits per heavy atom. The fourth-order valence-corrected chi connectivity index (χ4v) is 4.19. The summed E-state index contributed by atoms with van der Waals surface area (Å²) in [5.74, 6) is 5.40. The Balaban J connectivity index is 0. The smallest absolute Gasteiger partial charge is 0 e. The van der Waals surface area contributed by atoms with Crippen molar-refractivity contribution < 1.29 is 65.4 Å². The molecule has 1 saturated carbocycles. The Kier molecular flexibility index (Phi) is 12.1. The molecule has 0 amide bonds. The molecule has 2 heteroatoms. The number of hydrogen-bond acceptors (Lipinski definition) is 0. The molecule has 6 unspecified atom stereocenters. The normalized spacial score (nSPS) is 39.8. The van der Waals surface area contributed by atoms with Gasteiger partial charge in [-0.15, -0.1) is 0 Å². The van der Waals surface area contributed by atoms with E-state index in [2.05, 4.69) is 41.5 Å². The van der Waals surface area contributed by atoms with Gasteiger partial charge in [-0.1, -0.05) is 38.8 Å². The Bertz CT molecular complexity index is 296. The second kappa shape index (κ2) is 9.86. The van der Waals surface area contributed by atoms with E-state index in [1.165, 1.54) is 0 Å². The summed E-state index contributed by atoms with van der Waals surface area (Å²) in [5, 5.41) is 0. The van der Waals surface area contributed by atoms with Crippen LogP contribution in [0.25, 0.3) is 0 Å². The molecule has 0 aromatic heterocycles. The molecule has 0 heterocycles. The van der Waals surface area contributed by atoms with Crippen LogP contribution in [0.5, 0.6) is 0 Å². The van der Waals surface area contributed by atoms with Gasteiger partial charge in [0.15, 0.2) is 0 Å². The maximum atomic E-state index is 2.47. The van der Waals surface area contributed by atoms with Crippen LogP contribution in [-0.2, 0) is 65.4 Å². The maximum absolute atomic E-state index is 2.47. The summed E-state index contributed by atoms with van der Waals surface area (Å²) < 4.78 is 0. The molecule has 0 bridgehead atoms. The molecule has 0 aromatic rings. The fourth-order valence-electron chi connectivity index (χ4n) is 4.19. The van der Waals surface area contributed by atoms with Crippen LogP contribution in [-0.4, -0.2) is 0 Å². The second-order valence-corrected chi connectivity index (χ2v) is 6.41. The molecule has 1 fully saturated rings. The van der Waals surface area contributed by atoms with Gasteiger partial charge >= 0.3 is 0 Å². The van der Waals surface area contributed by atoms with E-state index < -0.39 is 0 Å². The number of hydrogen-bond donors (Lipinski definition) is 0. The van der Waals surface area contributed by atoms with E-state index in [9.17, 15) is 0 Å². The van der Waals surface area contributed by atoms with E-state index >= 15 is 0 Å². The van der Waals surface area contributed by atoms with Crippen molar-refractivity contribution in [3.8, 4) is 0 Å². The van der Waals surface area contributed by atoms with Crippen LogP contribution in [0, 0.1) is 41.9 Å². The summed E-state index contributed by atoms with van der Waals surface area (Å²) in [5.41, 5.74) is 3.40. The molecular formula is C17H31Y2-. The third-order valence-electron chi connectivity index (χ3n) is 5.63. The Morgan fingerprint density at radius 2 is 1.16 bits per heavy atom. The minimum Gasteiger partial charge on any atom is -0.335 e. The molecule has 0 N–H and O–H groups in total. The first-order valence-electron chi connectivity index (χ1n) is 7.29. The van der Waals surface area contributed by atoms with E-state index in [4.69, 9.17) is 0 Å². The van der Waals surface area contributed by atoms with Crippen molar-refractivity contribution >= 4 is 0 Å². The molecule has 6 atom stereocenters. The second-order valence-electron chi connectivity index (χ2n) is 6.41. The predicted molar refractivity (Wildman–Crippen MR) is 77.7 cm³/mol. The van der Waals surface area contributed by atoms with Crippen molar-refractivity contribution in [2.24, 2.45) is 35.5 Å². The van der Waals surface area contributed by atoms with Gasteiger partial charge in [-0.05, 0) is 49.4 Å². The average Bonchev–Trinajstić information content (AvgIpc) is 2.64. The zero-order valence-corrected chi connectivity index (χ0v) is 19.9. The van der Waals surface area contributed by atoms with Gasteiger partial charge in [-0.25, -0.2) is 0 Å². The van der Waals surface area contributed by atoms with Crippen molar-refractivity contribution in [1.29, 1.82) is 0 Å². The summed E-state index contributed by atoms with van der Waals surface area (Å²) in [6.07, 6.45) is 2.00. The van der Waals surface area contributed by atoms with Gasteiger partial charge < -0.3 is 6.42 Å². The van der Waals surface area contributed by atoms with Crippen LogP contribution in [0.2, 0.25) is 0 Å². The quantitative estimate of drug-likeness (QED) is 0.371.